The molecule has 3 nitrogen and oxygen atoms in total. The van der Waals surface area contributed by atoms with Crippen LogP contribution in [0.2, 0.25) is 0 Å². The molecule has 0 saturated heterocycles. The van der Waals surface area contributed by atoms with Crippen LogP contribution in [0, 0.1) is 5.82 Å². The van der Waals surface area contributed by atoms with Gasteiger partial charge in [0.15, 0.2) is 0 Å². The summed E-state index contributed by atoms with van der Waals surface area (Å²) in [4.78, 5) is 6.55. The molecule has 118 valence electrons. The molecule has 0 aliphatic heterocycles. The van der Waals surface area contributed by atoms with Crippen LogP contribution in [0.15, 0.2) is 53.9 Å². The first-order valence-electron chi connectivity index (χ1n) is 7.21. The Kier molecular flexibility index (Phi) is 4.41. The van der Waals surface area contributed by atoms with Gasteiger partial charge in [-0.2, -0.15) is 0 Å². The zero-order valence-corrected chi connectivity index (χ0v) is 13.7. The molecular formula is C18H17FN2OS. The summed E-state index contributed by atoms with van der Waals surface area (Å²) in [6.07, 6.45) is -0.838. The summed E-state index contributed by atoms with van der Waals surface area (Å²) in [5.41, 5.74) is 3.59. The van der Waals surface area contributed by atoms with E-state index in [9.17, 15) is 9.50 Å². The third kappa shape index (κ3) is 3.41. The highest BCUT2D eigenvalue weighted by atomic mass is 32.1. The van der Waals surface area contributed by atoms with Gasteiger partial charge in [0.25, 0.3) is 0 Å². The highest BCUT2D eigenvalue weighted by Crippen LogP contribution is 2.30. The number of hydrogen-bond acceptors (Lipinski definition) is 4. The van der Waals surface area contributed by atoms with Gasteiger partial charge in [0.2, 0.25) is 0 Å². The minimum atomic E-state index is -0.838. The maximum atomic E-state index is 13.0. The second kappa shape index (κ2) is 6.48. The lowest BCUT2D eigenvalue weighted by molar-refractivity contribution is 0.220. The number of aliphatic hydroxyl groups excluding tert-OH is 1. The van der Waals surface area contributed by atoms with Gasteiger partial charge in [-0.3, -0.25) is 0 Å². The fraction of sp³-hybridized carbons (Fsp3) is 0.167. The van der Waals surface area contributed by atoms with E-state index in [1.165, 1.54) is 23.5 Å². The van der Waals surface area contributed by atoms with Crippen molar-refractivity contribution in [2.24, 2.45) is 0 Å². The van der Waals surface area contributed by atoms with E-state index in [0.717, 1.165) is 16.9 Å². The Bertz CT molecular complexity index is 782. The zero-order valence-electron chi connectivity index (χ0n) is 12.9. The molecule has 0 radical (unpaired) electrons. The van der Waals surface area contributed by atoms with Crippen molar-refractivity contribution in [1.29, 1.82) is 0 Å². The molecule has 0 spiro atoms. The van der Waals surface area contributed by atoms with Gasteiger partial charge in [0.1, 0.15) is 16.9 Å². The number of nitrogens with zero attached hydrogens (tertiary/aromatic N) is 2. The molecule has 1 aromatic heterocycles. The van der Waals surface area contributed by atoms with Crippen LogP contribution >= 0.6 is 11.3 Å². The van der Waals surface area contributed by atoms with Crippen molar-refractivity contribution in [3.8, 4) is 11.3 Å². The van der Waals surface area contributed by atoms with E-state index in [-0.39, 0.29) is 5.82 Å². The molecule has 0 saturated carbocycles. The molecule has 23 heavy (non-hydrogen) atoms. The number of aromatic nitrogens is 1. The quantitative estimate of drug-likeness (QED) is 0.783. The summed E-state index contributed by atoms with van der Waals surface area (Å²) in [5, 5.41) is 12.9. The Balaban J connectivity index is 1.83. The second-order valence-corrected chi connectivity index (χ2v) is 6.36. The van der Waals surface area contributed by atoms with Gasteiger partial charge in [-0.15, -0.1) is 11.3 Å². The van der Waals surface area contributed by atoms with Gasteiger partial charge in [-0.1, -0.05) is 24.3 Å². The van der Waals surface area contributed by atoms with Crippen LogP contribution in [0.25, 0.3) is 11.3 Å². The maximum Gasteiger partial charge on any atom is 0.131 e. The largest absolute Gasteiger partial charge is 0.381 e. The Labute approximate surface area is 138 Å². The minimum Gasteiger partial charge on any atom is -0.381 e. The van der Waals surface area contributed by atoms with Crippen LogP contribution in [0.4, 0.5) is 10.1 Å². The van der Waals surface area contributed by atoms with Gasteiger partial charge in [0, 0.05) is 30.7 Å². The average Bonchev–Trinajstić information content (AvgIpc) is 3.05. The fourth-order valence-electron chi connectivity index (χ4n) is 2.26. The smallest absolute Gasteiger partial charge is 0.131 e. The monoisotopic (exact) mass is 328 g/mol. The third-order valence-corrected chi connectivity index (χ3v) is 4.52. The molecule has 0 amide bonds. The third-order valence-electron chi connectivity index (χ3n) is 3.62. The van der Waals surface area contributed by atoms with Crippen molar-refractivity contribution in [1.82, 2.24) is 4.98 Å². The first kappa shape index (κ1) is 15.6. The van der Waals surface area contributed by atoms with E-state index >= 15 is 0 Å². The van der Waals surface area contributed by atoms with Crippen molar-refractivity contribution < 1.29 is 9.50 Å². The molecular weight excluding hydrogens is 311 g/mol. The number of aliphatic hydroxyl groups is 1. The lowest BCUT2D eigenvalue weighted by atomic mass is 10.1. The number of anilines is 1. The molecule has 1 atom stereocenters. The van der Waals surface area contributed by atoms with E-state index < -0.39 is 6.10 Å². The van der Waals surface area contributed by atoms with Crippen LogP contribution in [0.1, 0.15) is 16.7 Å². The summed E-state index contributed by atoms with van der Waals surface area (Å²) in [6, 6.07) is 13.9. The predicted molar refractivity (Wildman–Crippen MR) is 92.3 cm³/mol. The first-order chi connectivity index (χ1) is 11.0. The fourth-order valence-corrected chi connectivity index (χ4v) is 3.10. The van der Waals surface area contributed by atoms with Crippen LogP contribution in [0.3, 0.4) is 0 Å². The molecule has 5 heteroatoms. The maximum absolute atomic E-state index is 13.0. The van der Waals surface area contributed by atoms with Crippen LogP contribution < -0.4 is 4.90 Å². The highest BCUT2D eigenvalue weighted by molar-refractivity contribution is 7.10. The van der Waals surface area contributed by atoms with E-state index in [2.05, 4.69) is 4.98 Å². The molecule has 2 aromatic carbocycles. The highest BCUT2D eigenvalue weighted by Gasteiger charge is 2.15. The Morgan fingerprint density at radius 2 is 1.70 bits per heavy atom. The second-order valence-electron chi connectivity index (χ2n) is 5.47. The molecule has 1 heterocycles. The van der Waals surface area contributed by atoms with Crippen LogP contribution in [-0.2, 0) is 0 Å². The molecule has 0 aliphatic rings. The van der Waals surface area contributed by atoms with Crippen LogP contribution in [0.5, 0.6) is 0 Å². The zero-order chi connectivity index (χ0) is 16.4. The number of halogens is 1. The lowest BCUT2D eigenvalue weighted by Gasteiger charge is -2.12. The Hall–Kier alpha value is -2.24. The van der Waals surface area contributed by atoms with Crippen molar-refractivity contribution in [3.05, 3.63) is 70.3 Å². The van der Waals surface area contributed by atoms with Gasteiger partial charge >= 0.3 is 0 Å². The number of thiazole rings is 1. The number of hydrogen-bond donors (Lipinski definition) is 1. The summed E-state index contributed by atoms with van der Waals surface area (Å²) in [6.45, 7) is 0. The summed E-state index contributed by atoms with van der Waals surface area (Å²) in [5.74, 6) is -0.318. The number of rotatable bonds is 4. The first-order valence-corrected chi connectivity index (χ1v) is 8.09. The van der Waals surface area contributed by atoms with E-state index in [1.54, 1.807) is 12.1 Å². The Morgan fingerprint density at radius 1 is 1.04 bits per heavy atom. The number of benzene rings is 2. The van der Waals surface area contributed by atoms with Crippen molar-refractivity contribution in [2.75, 3.05) is 19.0 Å². The minimum absolute atomic E-state index is 0.318. The van der Waals surface area contributed by atoms with Crippen LogP contribution in [-0.4, -0.2) is 24.2 Å². The predicted octanol–water partition coefficient (Wildman–Crippen LogP) is 4.10. The van der Waals surface area contributed by atoms with Gasteiger partial charge < -0.3 is 10.0 Å². The lowest BCUT2D eigenvalue weighted by Crippen LogP contribution is -2.07. The summed E-state index contributed by atoms with van der Waals surface area (Å²) < 4.78 is 13.0. The van der Waals surface area contributed by atoms with E-state index in [4.69, 9.17) is 0 Å². The molecule has 0 fully saturated rings. The molecule has 3 rings (SSSR count). The molecule has 0 aliphatic carbocycles. The topological polar surface area (TPSA) is 36.4 Å². The Morgan fingerprint density at radius 3 is 2.30 bits per heavy atom. The molecule has 3 aromatic rings. The van der Waals surface area contributed by atoms with Gasteiger partial charge in [-0.25, -0.2) is 9.37 Å². The SMILES string of the molecule is CN(C)c1ccc(-c2csc(C(O)c3ccc(F)cc3)n2)cc1. The summed E-state index contributed by atoms with van der Waals surface area (Å²) in [7, 11) is 3.99. The normalized spacial score (nSPS) is 12.2. The average molecular weight is 328 g/mol. The van der Waals surface area contributed by atoms with Crippen molar-refractivity contribution in [2.45, 2.75) is 6.10 Å². The van der Waals surface area contributed by atoms with Gasteiger partial charge in [0.05, 0.1) is 5.69 Å². The molecule has 1 unspecified atom stereocenters. The van der Waals surface area contributed by atoms with Gasteiger partial charge in [-0.05, 0) is 29.8 Å². The van der Waals surface area contributed by atoms with E-state index in [0.29, 0.717) is 10.6 Å². The standard InChI is InChI=1S/C18H17FN2OS/c1-21(2)15-9-5-12(6-10-15)16-11-23-18(20-16)17(22)13-3-7-14(19)8-4-13/h3-11,17,22H,1-2H3. The molecule has 1 N–H and O–H groups in total. The van der Waals surface area contributed by atoms with Crippen molar-refractivity contribution in [3.63, 3.8) is 0 Å². The van der Waals surface area contributed by atoms with Crippen molar-refractivity contribution >= 4 is 17.0 Å². The molecule has 0 bridgehead atoms. The van der Waals surface area contributed by atoms with E-state index in [1.807, 2.05) is 48.6 Å². The summed E-state index contributed by atoms with van der Waals surface area (Å²) >= 11 is 1.40.